The van der Waals surface area contributed by atoms with Gasteiger partial charge in [-0.25, -0.2) is 9.78 Å². The van der Waals surface area contributed by atoms with Crippen molar-refractivity contribution in [1.29, 1.82) is 0 Å². The van der Waals surface area contributed by atoms with E-state index in [-0.39, 0.29) is 11.8 Å². The summed E-state index contributed by atoms with van der Waals surface area (Å²) in [7, 11) is 0. The molecular weight excluding hydrogens is 508 g/mol. The Morgan fingerprint density at radius 3 is 2.81 bits per heavy atom. The van der Waals surface area contributed by atoms with Crippen LogP contribution in [0.1, 0.15) is 50.8 Å². The Bertz CT molecular complexity index is 998. The van der Waals surface area contributed by atoms with E-state index in [1.165, 1.54) is 10.5 Å². The Labute approximate surface area is 197 Å². The first-order valence-corrected chi connectivity index (χ1v) is 11.9. The van der Waals surface area contributed by atoms with Crippen LogP contribution in [0.3, 0.4) is 0 Å². The molecule has 0 N–H and O–H groups in total. The molecule has 1 aliphatic rings. The fourth-order valence-corrected chi connectivity index (χ4v) is 4.72. The number of carbonyl (C=O) groups excluding carboxylic acids is 1. The van der Waals surface area contributed by atoms with Crippen LogP contribution in [-0.4, -0.2) is 31.9 Å². The maximum Gasteiger partial charge on any atom is 0.344 e. The van der Waals surface area contributed by atoms with Gasteiger partial charge in [0, 0.05) is 11.3 Å². The molecule has 0 bridgehead atoms. The molecule has 2 unspecified atom stereocenters. The minimum atomic E-state index is -2.54. The second-order valence-corrected chi connectivity index (χ2v) is 10.2. The molecule has 1 aliphatic carbocycles. The van der Waals surface area contributed by atoms with Gasteiger partial charge < -0.3 is 14.0 Å². The Kier molecular flexibility index (Phi) is 7.62. The lowest BCUT2D eigenvalue weighted by Gasteiger charge is -2.38. The van der Waals surface area contributed by atoms with Crippen molar-refractivity contribution in [3.8, 4) is 5.75 Å². The van der Waals surface area contributed by atoms with Gasteiger partial charge in [-0.3, -0.25) is 8.51 Å². The molecule has 7 nitrogen and oxygen atoms in total. The fraction of sp³-hybridized carbons (Fsp3) is 0.429. The van der Waals surface area contributed by atoms with E-state index in [0.29, 0.717) is 22.3 Å². The van der Waals surface area contributed by atoms with Gasteiger partial charge in [0.05, 0.1) is 22.4 Å². The summed E-state index contributed by atoms with van der Waals surface area (Å²) in [5, 5.41) is 0.252. The number of aromatic nitrogens is 1. The topological polar surface area (TPSA) is 91.8 Å². The van der Waals surface area contributed by atoms with Crippen molar-refractivity contribution in [3.63, 3.8) is 0 Å². The number of fused-ring (bicyclic) bond motifs is 1. The van der Waals surface area contributed by atoms with E-state index in [2.05, 4.69) is 20.9 Å². The minimum absolute atomic E-state index is 0.219. The lowest BCUT2D eigenvalue weighted by molar-refractivity contribution is -0.157. The first-order valence-electron chi connectivity index (χ1n) is 9.73. The number of pyridine rings is 1. The number of halogens is 2. The molecule has 0 fully saturated rings. The molecule has 31 heavy (non-hydrogen) atoms. The number of carbonyl (C=O) groups is 1. The standard InChI is InChI=1S/C21H24BrClN2O5S/c1-21(2,3)30-19(26)12-29-18-9-5-6-14-15(18)7-4-8-17(14)25(31(27)28)13-10-16(22)20(23)24-11-13/h5-6,9-11,17H,4,7-8,12H2,1-3H3,(H,27,28)/p-1. The molecule has 1 aromatic carbocycles. The Balaban J connectivity index is 1.89. The summed E-state index contributed by atoms with van der Waals surface area (Å²) in [6, 6.07) is 6.66. The van der Waals surface area contributed by atoms with Gasteiger partial charge in [0.2, 0.25) is 0 Å². The summed E-state index contributed by atoms with van der Waals surface area (Å²) in [4.78, 5) is 16.1. The zero-order chi connectivity index (χ0) is 22.8. The van der Waals surface area contributed by atoms with Crippen LogP contribution in [0, 0.1) is 0 Å². The minimum Gasteiger partial charge on any atom is -0.755 e. The van der Waals surface area contributed by atoms with Gasteiger partial charge in [0.1, 0.15) is 16.5 Å². The van der Waals surface area contributed by atoms with E-state index in [9.17, 15) is 13.6 Å². The maximum absolute atomic E-state index is 12.2. The van der Waals surface area contributed by atoms with Gasteiger partial charge in [0.15, 0.2) is 6.61 Å². The van der Waals surface area contributed by atoms with E-state index in [0.717, 1.165) is 24.0 Å². The highest BCUT2D eigenvalue weighted by molar-refractivity contribution is 9.10. The average Bonchev–Trinajstić information content (AvgIpc) is 2.68. The smallest absolute Gasteiger partial charge is 0.344 e. The largest absolute Gasteiger partial charge is 0.755 e. The molecule has 3 rings (SSSR count). The number of benzene rings is 1. The van der Waals surface area contributed by atoms with E-state index < -0.39 is 28.9 Å². The van der Waals surface area contributed by atoms with E-state index in [4.69, 9.17) is 21.1 Å². The highest BCUT2D eigenvalue weighted by Gasteiger charge is 2.30. The second kappa shape index (κ2) is 9.85. The number of anilines is 1. The van der Waals surface area contributed by atoms with Gasteiger partial charge in [-0.2, -0.15) is 0 Å². The van der Waals surface area contributed by atoms with Crippen LogP contribution in [0.5, 0.6) is 5.75 Å². The molecule has 2 atom stereocenters. The van der Waals surface area contributed by atoms with E-state index in [1.54, 1.807) is 39.0 Å². The third-order valence-corrected chi connectivity index (χ3v) is 6.60. The van der Waals surface area contributed by atoms with Crippen LogP contribution in [0.25, 0.3) is 0 Å². The van der Waals surface area contributed by atoms with E-state index >= 15 is 0 Å². The fourth-order valence-electron chi connectivity index (χ4n) is 3.58. The van der Waals surface area contributed by atoms with Crippen LogP contribution in [0.15, 0.2) is 34.9 Å². The number of rotatable bonds is 6. The molecule has 1 aromatic heterocycles. The number of ether oxygens (including phenoxy) is 2. The average molecular weight is 531 g/mol. The predicted octanol–water partition coefficient (Wildman–Crippen LogP) is 4.90. The highest BCUT2D eigenvalue weighted by atomic mass is 79.9. The van der Waals surface area contributed by atoms with Gasteiger partial charge in [-0.05, 0) is 79.2 Å². The number of hydrogen-bond acceptors (Lipinski definition) is 6. The van der Waals surface area contributed by atoms with Crippen molar-refractivity contribution in [3.05, 3.63) is 51.2 Å². The van der Waals surface area contributed by atoms with Crippen molar-refractivity contribution in [2.75, 3.05) is 10.9 Å². The lowest BCUT2D eigenvalue weighted by atomic mass is 9.87. The lowest BCUT2D eigenvalue weighted by Crippen LogP contribution is -2.33. The van der Waals surface area contributed by atoms with Gasteiger partial charge in [-0.15, -0.1) is 0 Å². The van der Waals surface area contributed by atoms with Gasteiger partial charge in [-0.1, -0.05) is 23.7 Å². The third-order valence-electron chi connectivity index (χ3n) is 4.68. The summed E-state index contributed by atoms with van der Waals surface area (Å²) < 4.78 is 37.2. The molecule has 0 spiro atoms. The van der Waals surface area contributed by atoms with Gasteiger partial charge >= 0.3 is 5.97 Å². The zero-order valence-corrected chi connectivity index (χ0v) is 20.6. The van der Waals surface area contributed by atoms with Crippen molar-refractivity contribution in [1.82, 2.24) is 4.98 Å². The zero-order valence-electron chi connectivity index (χ0n) is 17.4. The Morgan fingerprint density at radius 1 is 1.42 bits per heavy atom. The van der Waals surface area contributed by atoms with Crippen molar-refractivity contribution >= 4 is 50.5 Å². The highest BCUT2D eigenvalue weighted by Crippen LogP contribution is 2.41. The molecule has 0 saturated carbocycles. The Morgan fingerprint density at radius 2 is 2.16 bits per heavy atom. The summed E-state index contributed by atoms with van der Waals surface area (Å²) >= 11 is 6.73. The van der Waals surface area contributed by atoms with Crippen molar-refractivity contribution < 1.29 is 23.0 Å². The van der Waals surface area contributed by atoms with Crippen LogP contribution in [0.4, 0.5) is 5.69 Å². The normalized spacial score (nSPS) is 16.9. The monoisotopic (exact) mass is 529 g/mol. The summed E-state index contributed by atoms with van der Waals surface area (Å²) in [6.45, 7) is 5.16. The molecule has 0 radical (unpaired) electrons. The quantitative estimate of drug-likeness (QED) is 0.300. The predicted molar refractivity (Wildman–Crippen MR) is 122 cm³/mol. The van der Waals surface area contributed by atoms with Crippen LogP contribution in [-0.2, 0) is 27.2 Å². The third kappa shape index (κ3) is 5.97. The molecule has 10 heteroatoms. The summed E-state index contributed by atoms with van der Waals surface area (Å²) in [5.41, 5.74) is 1.53. The van der Waals surface area contributed by atoms with Crippen LogP contribution in [0.2, 0.25) is 5.15 Å². The Hall–Kier alpha value is -1.68. The number of esters is 1. The number of hydrogen-bond donors (Lipinski definition) is 0. The van der Waals surface area contributed by atoms with Crippen LogP contribution < -0.4 is 9.04 Å². The van der Waals surface area contributed by atoms with E-state index in [1.807, 2.05) is 6.07 Å². The SMILES string of the molecule is CC(C)(C)OC(=O)COc1cccc2c1CCCC2N(c1cnc(Cl)c(Br)c1)S(=O)[O-]. The van der Waals surface area contributed by atoms with Crippen LogP contribution >= 0.6 is 27.5 Å². The molecule has 2 aromatic rings. The molecule has 0 aliphatic heterocycles. The maximum atomic E-state index is 12.2. The molecule has 168 valence electrons. The summed E-state index contributed by atoms with van der Waals surface area (Å²) in [6.07, 6.45) is 3.55. The molecular formula is C21H23BrClN2O5S-. The molecule has 0 amide bonds. The first-order chi connectivity index (χ1) is 14.6. The van der Waals surface area contributed by atoms with Gasteiger partial charge in [0.25, 0.3) is 0 Å². The second-order valence-electron chi connectivity index (χ2n) is 8.12. The summed E-state index contributed by atoms with van der Waals surface area (Å²) in [5.74, 6) is 0.0944. The molecule has 0 saturated heterocycles. The number of nitrogens with zero attached hydrogens (tertiary/aromatic N) is 2. The molecule has 1 heterocycles. The van der Waals surface area contributed by atoms with Crippen molar-refractivity contribution in [2.24, 2.45) is 0 Å². The van der Waals surface area contributed by atoms with Crippen molar-refractivity contribution in [2.45, 2.75) is 51.7 Å². The first kappa shape index (κ1) is 24.0.